The highest BCUT2D eigenvalue weighted by Crippen LogP contribution is 2.27. The van der Waals surface area contributed by atoms with Gasteiger partial charge in [-0.3, -0.25) is 4.79 Å². The fraction of sp³-hybridized carbons (Fsp3) is 0.611. The fourth-order valence-corrected chi connectivity index (χ4v) is 2.81. The summed E-state index contributed by atoms with van der Waals surface area (Å²) in [5.74, 6) is 1.06. The molecule has 116 valence electrons. The number of benzene rings is 1. The van der Waals surface area contributed by atoms with Crippen LogP contribution in [-0.4, -0.2) is 36.5 Å². The zero-order valence-corrected chi connectivity index (χ0v) is 13.3. The van der Waals surface area contributed by atoms with Crippen LogP contribution in [0.3, 0.4) is 0 Å². The minimum Gasteiger partial charge on any atom is -0.339 e. The summed E-state index contributed by atoms with van der Waals surface area (Å²) in [4.78, 5) is 14.5. The first-order chi connectivity index (χ1) is 10.2. The van der Waals surface area contributed by atoms with Gasteiger partial charge in [-0.1, -0.05) is 37.3 Å². The zero-order valence-electron chi connectivity index (χ0n) is 13.3. The Morgan fingerprint density at radius 3 is 2.57 bits per heavy atom. The first-order valence-corrected chi connectivity index (χ1v) is 8.28. The number of hydrogen-bond acceptors (Lipinski definition) is 2. The number of nitrogens with one attached hydrogen (secondary N) is 1. The number of rotatable bonds is 9. The molecule has 0 bridgehead atoms. The summed E-state index contributed by atoms with van der Waals surface area (Å²) in [5.41, 5.74) is 1.31. The van der Waals surface area contributed by atoms with Crippen LogP contribution in [0.1, 0.15) is 38.7 Å². The van der Waals surface area contributed by atoms with E-state index >= 15 is 0 Å². The normalized spacial score (nSPS) is 15.7. The van der Waals surface area contributed by atoms with Crippen LogP contribution in [0.4, 0.5) is 0 Å². The van der Waals surface area contributed by atoms with Gasteiger partial charge in [-0.05, 0) is 50.6 Å². The Morgan fingerprint density at radius 2 is 2.00 bits per heavy atom. The van der Waals surface area contributed by atoms with Gasteiger partial charge < -0.3 is 10.2 Å². The molecule has 1 aliphatic carbocycles. The van der Waals surface area contributed by atoms with Crippen LogP contribution < -0.4 is 5.32 Å². The van der Waals surface area contributed by atoms with Crippen molar-refractivity contribution >= 4 is 5.91 Å². The van der Waals surface area contributed by atoms with Crippen LogP contribution in [-0.2, 0) is 11.2 Å². The highest BCUT2D eigenvalue weighted by molar-refractivity contribution is 5.78. The molecule has 1 fully saturated rings. The second kappa shape index (κ2) is 8.18. The molecule has 1 aromatic rings. The molecule has 2 rings (SSSR count). The SMILES string of the molecule is CCC(Cc1ccccc1)N(CC)C(=O)CNCC1CC1. The van der Waals surface area contributed by atoms with E-state index in [0.29, 0.717) is 12.6 Å². The zero-order chi connectivity index (χ0) is 15.1. The molecule has 0 aromatic heterocycles. The third-order valence-corrected chi connectivity index (χ3v) is 4.29. The van der Waals surface area contributed by atoms with Crippen molar-refractivity contribution in [3.8, 4) is 0 Å². The average Bonchev–Trinajstić information content (AvgIpc) is 3.32. The molecule has 3 heteroatoms. The van der Waals surface area contributed by atoms with E-state index < -0.39 is 0 Å². The van der Waals surface area contributed by atoms with Crippen molar-refractivity contribution in [3.05, 3.63) is 35.9 Å². The number of likely N-dealkylation sites (N-methyl/N-ethyl adjacent to an activating group) is 1. The molecule has 1 unspecified atom stereocenters. The lowest BCUT2D eigenvalue weighted by Crippen LogP contribution is -2.45. The molecule has 1 atom stereocenters. The summed E-state index contributed by atoms with van der Waals surface area (Å²) in [6.45, 7) is 6.51. The minimum atomic E-state index is 0.237. The van der Waals surface area contributed by atoms with Crippen molar-refractivity contribution in [2.75, 3.05) is 19.6 Å². The van der Waals surface area contributed by atoms with E-state index in [2.05, 4.69) is 43.4 Å². The summed E-state index contributed by atoms with van der Waals surface area (Å²) in [7, 11) is 0. The predicted molar refractivity (Wildman–Crippen MR) is 87.2 cm³/mol. The third kappa shape index (κ3) is 5.16. The third-order valence-electron chi connectivity index (χ3n) is 4.29. The number of carbonyl (C=O) groups is 1. The van der Waals surface area contributed by atoms with Gasteiger partial charge in [-0.15, -0.1) is 0 Å². The molecular formula is C18H28N2O. The van der Waals surface area contributed by atoms with E-state index in [-0.39, 0.29) is 5.91 Å². The molecule has 3 nitrogen and oxygen atoms in total. The Morgan fingerprint density at radius 1 is 1.29 bits per heavy atom. The van der Waals surface area contributed by atoms with Crippen LogP contribution in [0.2, 0.25) is 0 Å². The van der Waals surface area contributed by atoms with Gasteiger partial charge >= 0.3 is 0 Å². The molecule has 21 heavy (non-hydrogen) atoms. The molecule has 0 aliphatic heterocycles. The van der Waals surface area contributed by atoms with Crippen LogP contribution in [0.15, 0.2) is 30.3 Å². The number of carbonyl (C=O) groups excluding carboxylic acids is 1. The van der Waals surface area contributed by atoms with E-state index in [1.807, 2.05) is 11.0 Å². The van der Waals surface area contributed by atoms with Crippen molar-refractivity contribution in [1.29, 1.82) is 0 Å². The maximum atomic E-state index is 12.4. The summed E-state index contributed by atoms with van der Waals surface area (Å²) < 4.78 is 0. The lowest BCUT2D eigenvalue weighted by molar-refractivity contribution is -0.132. The summed E-state index contributed by atoms with van der Waals surface area (Å²) in [5, 5.41) is 3.31. The molecule has 1 amide bonds. The molecule has 1 N–H and O–H groups in total. The van der Waals surface area contributed by atoms with Crippen LogP contribution in [0.25, 0.3) is 0 Å². The van der Waals surface area contributed by atoms with Crippen LogP contribution >= 0.6 is 0 Å². The summed E-state index contributed by atoms with van der Waals surface area (Å²) in [6, 6.07) is 10.8. The summed E-state index contributed by atoms with van der Waals surface area (Å²) in [6.07, 6.45) is 4.59. The quantitative estimate of drug-likeness (QED) is 0.758. The van der Waals surface area contributed by atoms with Crippen LogP contribution in [0, 0.1) is 5.92 Å². The Kier molecular flexibility index (Phi) is 6.24. The molecule has 0 spiro atoms. The van der Waals surface area contributed by atoms with E-state index in [9.17, 15) is 4.79 Å². The molecule has 0 heterocycles. The Bertz CT molecular complexity index is 428. The van der Waals surface area contributed by atoms with Gasteiger partial charge in [-0.2, -0.15) is 0 Å². The molecule has 0 radical (unpaired) electrons. The molecule has 1 aliphatic rings. The van der Waals surface area contributed by atoms with Crippen LogP contribution in [0.5, 0.6) is 0 Å². The first-order valence-electron chi connectivity index (χ1n) is 8.28. The minimum absolute atomic E-state index is 0.237. The van der Waals surface area contributed by atoms with Gasteiger partial charge in [0, 0.05) is 12.6 Å². The van der Waals surface area contributed by atoms with Gasteiger partial charge in [-0.25, -0.2) is 0 Å². The Labute approximate surface area is 128 Å². The van der Waals surface area contributed by atoms with Crippen molar-refractivity contribution in [1.82, 2.24) is 10.2 Å². The van der Waals surface area contributed by atoms with Crippen molar-refractivity contribution in [2.24, 2.45) is 5.92 Å². The maximum Gasteiger partial charge on any atom is 0.236 e. The smallest absolute Gasteiger partial charge is 0.236 e. The summed E-state index contributed by atoms with van der Waals surface area (Å²) >= 11 is 0. The van der Waals surface area contributed by atoms with Gasteiger partial charge in [0.15, 0.2) is 0 Å². The maximum absolute atomic E-state index is 12.4. The van der Waals surface area contributed by atoms with Gasteiger partial charge in [0.05, 0.1) is 6.54 Å². The van der Waals surface area contributed by atoms with Gasteiger partial charge in [0.25, 0.3) is 0 Å². The Balaban J connectivity index is 1.87. The number of hydrogen-bond donors (Lipinski definition) is 1. The Hall–Kier alpha value is -1.35. The fourth-order valence-electron chi connectivity index (χ4n) is 2.81. The van der Waals surface area contributed by atoms with Crippen molar-refractivity contribution in [2.45, 2.75) is 45.6 Å². The van der Waals surface area contributed by atoms with E-state index in [1.165, 1.54) is 18.4 Å². The standard InChI is InChI=1S/C18H28N2O/c1-3-17(12-15-8-6-5-7-9-15)20(4-2)18(21)14-19-13-16-10-11-16/h5-9,16-17,19H,3-4,10-14H2,1-2H3. The number of nitrogens with zero attached hydrogens (tertiary/aromatic N) is 1. The molecule has 1 aromatic carbocycles. The van der Waals surface area contributed by atoms with Gasteiger partial charge in [0.1, 0.15) is 0 Å². The first kappa shape index (κ1) is 16.0. The second-order valence-corrected chi connectivity index (χ2v) is 6.01. The lowest BCUT2D eigenvalue weighted by atomic mass is 10.0. The molecule has 1 saturated carbocycles. The molecular weight excluding hydrogens is 260 g/mol. The van der Waals surface area contributed by atoms with E-state index in [0.717, 1.165) is 31.8 Å². The second-order valence-electron chi connectivity index (χ2n) is 6.01. The van der Waals surface area contributed by atoms with E-state index in [4.69, 9.17) is 0 Å². The topological polar surface area (TPSA) is 32.3 Å². The van der Waals surface area contributed by atoms with Gasteiger partial charge in [0.2, 0.25) is 5.91 Å². The average molecular weight is 288 g/mol. The monoisotopic (exact) mass is 288 g/mol. The largest absolute Gasteiger partial charge is 0.339 e. The highest BCUT2D eigenvalue weighted by atomic mass is 16.2. The molecule has 0 saturated heterocycles. The van der Waals surface area contributed by atoms with E-state index in [1.54, 1.807) is 0 Å². The number of amides is 1. The van der Waals surface area contributed by atoms with Crippen molar-refractivity contribution < 1.29 is 4.79 Å². The highest BCUT2D eigenvalue weighted by Gasteiger charge is 2.23. The lowest BCUT2D eigenvalue weighted by Gasteiger charge is -2.30. The predicted octanol–water partition coefficient (Wildman–Crippen LogP) is 2.86. The van der Waals surface area contributed by atoms with Crippen molar-refractivity contribution in [3.63, 3.8) is 0 Å².